The quantitative estimate of drug-likeness (QED) is 0.575. The molecule has 1 aliphatic rings. The van der Waals surface area contributed by atoms with Crippen molar-refractivity contribution in [3.05, 3.63) is 34.9 Å². The van der Waals surface area contributed by atoms with Crippen LogP contribution in [0.25, 0.3) is 0 Å². The molecule has 0 bridgehead atoms. The van der Waals surface area contributed by atoms with Crippen molar-refractivity contribution in [1.29, 1.82) is 0 Å². The average Bonchev–Trinajstić information content (AvgIpc) is 2.70. The molecule has 3 heteroatoms. The number of hydrogen-bond acceptors (Lipinski definition) is 1. The minimum Gasteiger partial charge on any atom is -0.456 e. The minimum absolute atomic E-state index is 0. The third-order valence-corrected chi connectivity index (χ3v) is 4.66. The van der Waals surface area contributed by atoms with Crippen LogP contribution < -0.4 is 18.9 Å². The van der Waals surface area contributed by atoms with Crippen molar-refractivity contribution in [3.63, 3.8) is 0 Å². The number of carbonyl (C=O) groups excluding carboxylic acids is 1. The van der Waals surface area contributed by atoms with E-state index in [0.29, 0.717) is 11.2 Å². The second kappa shape index (κ2) is 6.74. The van der Waals surface area contributed by atoms with Crippen LogP contribution in [0.3, 0.4) is 0 Å². The monoisotopic (exact) mass is 240 g/mol. The van der Waals surface area contributed by atoms with Crippen LogP contribution in [0.1, 0.15) is 47.2 Å². The summed E-state index contributed by atoms with van der Waals surface area (Å²) in [5, 5.41) is 0. The number of hydrogen-bond donors (Lipinski definition) is 0. The van der Waals surface area contributed by atoms with E-state index in [1.807, 2.05) is 32.0 Å². The van der Waals surface area contributed by atoms with Gasteiger partial charge in [-0.2, -0.15) is 5.66 Å². The molecular weight excluding hydrogens is 222 g/mol. The van der Waals surface area contributed by atoms with Crippen LogP contribution in [0.15, 0.2) is 18.2 Å². The molecule has 17 heavy (non-hydrogen) atoms. The Morgan fingerprint density at radius 2 is 1.71 bits per heavy atom. The third kappa shape index (κ3) is 3.69. The van der Waals surface area contributed by atoms with Gasteiger partial charge >= 0.3 is 18.9 Å². The Hall–Kier alpha value is -0.0826. The van der Waals surface area contributed by atoms with E-state index in [2.05, 4.69) is 0 Å². The molecule has 0 amide bonds. The molecular formula is C14H18LiOP. The van der Waals surface area contributed by atoms with Crippen LogP contribution in [0, 0.1) is 13.8 Å². The van der Waals surface area contributed by atoms with Gasteiger partial charge in [0.05, 0.1) is 0 Å². The first-order valence-corrected chi connectivity index (χ1v) is 6.96. The van der Waals surface area contributed by atoms with Gasteiger partial charge in [0.2, 0.25) is 0 Å². The Kier molecular flexibility index (Phi) is 5.94. The van der Waals surface area contributed by atoms with Gasteiger partial charge in [-0.3, -0.25) is 0 Å². The van der Waals surface area contributed by atoms with Gasteiger partial charge in [-0.1, -0.05) is 43.9 Å². The third-order valence-electron chi connectivity index (χ3n) is 3.32. The number of benzene rings is 1. The molecule has 0 heterocycles. The molecule has 0 aliphatic heterocycles. The molecule has 0 aromatic heterocycles. The van der Waals surface area contributed by atoms with Gasteiger partial charge in [0.25, 0.3) is 0 Å². The zero-order valence-electron chi connectivity index (χ0n) is 11.0. The average molecular weight is 240 g/mol. The largest absolute Gasteiger partial charge is 1.00 e. The SMILES string of the molecule is Cc1cccc(C)c1C(=O)[P-]C1CCCC1.[Li+]. The predicted molar refractivity (Wildman–Crippen MR) is 69.4 cm³/mol. The molecule has 0 unspecified atom stereocenters. The topological polar surface area (TPSA) is 17.1 Å². The van der Waals surface area contributed by atoms with E-state index < -0.39 is 0 Å². The summed E-state index contributed by atoms with van der Waals surface area (Å²) >= 11 is 0. The van der Waals surface area contributed by atoms with Crippen LogP contribution in [-0.2, 0) is 0 Å². The summed E-state index contributed by atoms with van der Waals surface area (Å²) < 4.78 is 0. The molecule has 86 valence electrons. The standard InChI is InChI=1S/C14H18OP.Li/c1-10-6-5-7-11(2)13(10)14(15)16-12-8-3-4-9-12;/h5-7,12H,3-4,8-9H2,1-2H3;/q-1;+1. The van der Waals surface area contributed by atoms with E-state index in [0.717, 1.165) is 25.3 Å². The summed E-state index contributed by atoms with van der Waals surface area (Å²) in [6, 6.07) is 6.09. The molecule has 2 rings (SSSR count). The van der Waals surface area contributed by atoms with E-state index in [9.17, 15) is 4.79 Å². The Morgan fingerprint density at radius 1 is 1.18 bits per heavy atom. The summed E-state index contributed by atoms with van der Waals surface area (Å²) in [4.78, 5) is 12.2. The van der Waals surface area contributed by atoms with Gasteiger partial charge in [-0.15, -0.1) is 0 Å². The molecule has 0 N–H and O–H groups in total. The first kappa shape index (κ1) is 15.0. The minimum atomic E-state index is 0. The van der Waals surface area contributed by atoms with Crippen LogP contribution >= 0.6 is 8.58 Å². The first-order chi connectivity index (χ1) is 7.68. The zero-order chi connectivity index (χ0) is 11.5. The molecule has 1 fully saturated rings. The van der Waals surface area contributed by atoms with E-state index in [1.165, 1.54) is 25.7 Å². The summed E-state index contributed by atoms with van der Waals surface area (Å²) in [6.45, 7) is 4.06. The fraction of sp³-hybridized carbons (Fsp3) is 0.500. The van der Waals surface area contributed by atoms with Gasteiger partial charge in [0.1, 0.15) is 0 Å². The molecule has 0 radical (unpaired) electrons. The summed E-state index contributed by atoms with van der Waals surface area (Å²) in [5.74, 6) is 0. The number of carbonyl (C=O) groups is 1. The number of rotatable bonds is 3. The molecule has 1 saturated carbocycles. The zero-order valence-corrected chi connectivity index (χ0v) is 11.9. The van der Waals surface area contributed by atoms with Gasteiger partial charge < -0.3 is 13.4 Å². The second-order valence-electron chi connectivity index (χ2n) is 4.64. The summed E-state index contributed by atoms with van der Waals surface area (Å²) in [6.07, 6.45) is 5.08. The van der Waals surface area contributed by atoms with Crippen molar-refractivity contribution < 1.29 is 23.7 Å². The van der Waals surface area contributed by atoms with Crippen molar-refractivity contribution in [1.82, 2.24) is 0 Å². The van der Waals surface area contributed by atoms with Gasteiger partial charge in [0, 0.05) is 5.52 Å². The maximum Gasteiger partial charge on any atom is 1.00 e. The Labute approximate surface area is 118 Å². The molecule has 1 nitrogen and oxygen atoms in total. The van der Waals surface area contributed by atoms with Crippen molar-refractivity contribution in [2.24, 2.45) is 0 Å². The fourth-order valence-electron chi connectivity index (χ4n) is 2.42. The maximum atomic E-state index is 12.2. The van der Waals surface area contributed by atoms with E-state index in [4.69, 9.17) is 0 Å². The molecule has 0 saturated heterocycles. The molecule has 0 spiro atoms. The van der Waals surface area contributed by atoms with Crippen molar-refractivity contribution in [2.45, 2.75) is 45.2 Å². The first-order valence-electron chi connectivity index (χ1n) is 6.00. The normalized spacial score (nSPS) is 16.4. The Balaban J connectivity index is 0.00000144. The molecule has 1 aromatic rings. The summed E-state index contributed by atoms with van der Waals surface area (Å²) in [7, 11) is 1.02. The predicted octanol–water partition coefficient (Wildman–Crippen LogP) is 1.34. The Morgan fingerprint density at radius 3 is 2.24 bits per heavy atom. The van der Waals surface area contributed by atoms with Crippen LogP contribution in [0.4, 0.5) is 0 Å². The van der Waals surface area contributed by atoms with Crippen molar-refractivity contribution in [3.8, 4) is 0 Å². The maximum absolute atomic E-state index is 12.2. The van der Waals surface area contributed by atoms with Crippen LogP contribution in [0.2, 0.25) is 0 Å². The molecule has 1 aliphatic carbocycles. The fourth-order valence-corrected chi connectivity index (χ4v) is 3.85. The summed E-state index contributed by atoms with van der Waals surface area (Å²) in [5.41, 5.74) is 4.14. The van der Waals surface area contributed by atoms with Crippen LogP contribution in [0.5, 0.6) is 0 Å². The van der Waals surface area contributed by atoms with Crippen molar-refractivity contribution in [2.75, 3.05) is 0 Å². The number of aryl methyl sites for hydroxylation is 2. The second-order valence-corrected chi connectivity index (χ2v) is 6.03. The van der Waals surface area contributed by atoms with E-state index in [-0.39, 0.29) is 18.9 Å². The van der Waals surface area contributed by atoms with E-state index >= 15 is 0 Å². The van der Waals surface area contributed by atoms with Gasteiger partial charge in [-0.25, -0.2) is 0 Å². The van der Waals surface area contributed by atoms with Crippen LogP contribution in [-0.4, -0.2) is 11.2 Å². The Bertz CT molecular complexity index is 377. The smallest absolute Gasteiger partial charge is 0.456 e. The molecule has 0 atom stereocenters. The van der Waals surface area contributed by atoms with Gasteiger partial charge in [0.15, 0.2) is 0 Å². The van der Waals surface area contributed by atoms with Crippen molar-refractivity contribution >= 4 is 14.1 Å². The molecule has 1 aromatic carbocycles. The van der Waals surface area contributed by atoms with Gasteiger partial charge in [-0.05, 0) is 30.5 Å². The van der Waals surface area contributed by atoms with E-state index in [1.54, 1.807) is 0 Å².